The summed E-state index contributed by atoms with van der Waals surface area (Å²) in [6.45, 7) is 7.02. The molecule has 3 aromatic rings. The van der Waals surface area contributed by atoms with Crippen molar-refractivity contribution < 1.29 is 9.47 Å². The van der Waals surface area contributed by atoms with Gasteiger partial charge in [-0.15, -0.1) is 24.8 Å². The van der Waals surface area contributed by atoms with Crippen LogP contribution in [-0.2, 0) is 13.2 Å². The molecule has 4 N–H and O–H groups in total. The summed E-state index contributed by atoms with van der Waals surface area (Å²) in [7, 11) is 3.36. The van der Waals surface area contributed by atoms with E-state index in [0.717, 1.165) is 50.4 Å². The van der Waals surface area contributed by atoms with Gasteiger partial charge >= 0.3 is 0 Å². The summed E-state index contributed by atoms with van der Waals surface area (Å²) in [5.74, 6) is 2.68. The van der Waals surface area contributed by atoms with Gasteiger partial charge in [-0.2, -0.15) is 0 Å². The lowest BCUT2D eigenvalue weighted by atomic mass is 10.1. The molecule has 0 saturated carbocycles. The zero-order chi connectivity index (χ0) is 24.0. The molecule has 3 aromatic carbocycles. The van der Waals surface area contributed by atoms with Crippen molar-refractivity contribution in [3.05, 3.63) is 93.5 Å². The van der Waals surface area contributed by atoms with E-state index in [1.165, 1.54) is 0 Å². The van der Waals surface area contributed by atoms with E-state index >= 15 is 0 Å². The van der Waals surface area contributed by atoms with Crippen LogP contribution in [0.4, 0.5) is 0 Å². The fraction of sp³-hybridized carbons (Fsp3) is 0.259. The number of aryl methyl sites for hydroxylation is 3. The quantitative estimate of drug-likeness (QED) is 0.314. The number of benzene rings is 3. The average Bonchev–Trinajstić information content (AvgIpc) is 2.81. The highest BCUT2D eigenvalue weighted by Crippen LogP contribution is 2.23. The molecule has 0 saturated heterocycles. The lowest BCUT2D eigenvalue weighted by Gasteiger charge is -2.14. The molecule has 0 fully saturated rings. The topological polar surface area (TPSA) is 95.2 Å². The van der Waals surface area contributed by atoms with Gasteiger partial charge in [-0.05, 0) is 85.5 Å². The molecule has 6 nitrogen and oxygen atoms in total. The molecule has 0 aliphatic carbocycles. The Labute approximate surface area is 220 Å². The minimum absolute atomic E-state index is 0. The Morgan fingerprint density at radius 3 is 1.40 bits per heavy atom. The number of aliphatic imine (C=N–C) groups is 2. The molecule has 0 aliphatic heterocycles. The first-order valence-corrected chi connectivity index (χ1v) is 10.8. The summed E-state index contributed by atoms with van der Waals surface area (Å²) < 4.78 is 12.2. The van der Waals surface area contributed by atoms with E-state index in [1.807, 2.05) is 50.2 Å². The summed E-state index contributed by atoms with van der Waals surface area (Å²) in [6, 6.07) is 18.1. The number of amidine groups is 2. The van der Waals surface area contributed by atoms with Crippen LogP contribution < -0.4 is 20.9 Å². The Kier molecular flexibility index (Phi) is 11.6. The van der Waals surface area contributed by atoms with Gasteiger partial charge in [-0.25, -0.2) is 0 Å². The van der Waals surface area contributed by atoms with Gasteiger partial charge < -0.3 is 20.9 Å². The van der Waals surface area contributed by atoms with Crippen LogP contribution in [0.1, 0.15) is 38.9 Å². The molecule has 188 valence electrons. The molecule has 0 unspecified atom stereocenters. The number of ether oxygens (including phenoxy) is 2. The number of halogens is 2. The van der Waals surface area contributed by atoms with Gasteiger partial charge in [0, 0.05) is 25.2 Å². The number of hydrogen-bond donors (Lipinski definition) is 2. The number of hydrogen-bond acceptors (Lipinski definition) is 4. The number of rotatable bonds is 8. The third-order valence-corrected chi connectivity index (χ3v) is 5.41. The molecule has 0 aliphatic rings. The Hall–Kier alpha value is -3.22. The van der Waals surface area contributed by atoms with Gasteiger partial charge in [0.25, 0.3) is 0 Å². The van der Waals surface area contributed by atoms with Crippen molar-refractivity contribution in [2.24, 2.45) is 21.5 Å². The summed E-state index contributed by atoms with van der Waals surface area (Å²) in [5, 5.41) is 0. The predicted octanol–water partition coefficient (Wildman–Crippen LogP) is 5.28. The van der Waals surface area contributed by atoms with Gasteiger partial charge in [0.15, 0.2) is 0 Å². The summed E-state index contributed by atoms with van der Waals surface area (Å²) in [5.41, 5.74) is 19.0. The molecule has 0 amide bonds. The second kappa shape index (κ2) is 13.6. The fourth-order valence-electron chi connectivity index (χ4n) is 3.64. The van der Waals surface area contributed by atoms with E-state index in [0.29, 0.717) is 24.9 Å². The summed E-state index contributed by atoms with van der Waals surface area (Å²) in [6.07, 6.45) is 0. The smallest absolute Gasteiger partial charge is 0.125 e. The maximum atomic E-state index is 6.08. The molecule has 0 radical (unpaired) electrons. The van der Waals surface area contributed by atoms with Gasteiger partial charge in [0.05, 0.1) is 0 Å². The summed E-state index contributed by atoms with van der Waals surface area (Å²) >= 11 is 0. The SMILES string of the molecule is CN=C(N)c1ccc(OCc2cc(C)cc(COc3ccc(C(N)=NC)cc3C)c2)c(C)c1.Cl.Cl. The molecule has 0 spiro atoms. The van der Waals surface area contributed by atoms with Crippen LogP contribution in [0.5, 0.6) is 11.5 Å². The van der Waals surface area contributed by atoms with E-state index in [2.05, 4.69) is 35.1 Å². The Morgan fingerprint density at radius 1 is 0.657 bits per heavy atom. The number of nitrogens with zero attached hydrogens (tertiary/aromatic N) is 2. The van der Waals surface area contributed by atoms with Crippen LogP contribution in [0.2, 0.25) is 0 Å². The van der Waals surface area contributed by atoms with Crippen molar-refractivity contribution in [3.63, 3.8) is 0 Å². The third kappa shape index (κ3) is 7.91. The fourth-order valence-corrected chi connectivity index (χ4v) is 3.64. The van der Waals surface area contributed by atoms with Crippen LogP contribution in [0, 0.1) is 20.8 Å². The van der Waals surface area contributed by atoms with E-state index < -0.39 is 0 Å². The molecule has 0 atom stereocenters. The van der Waals surface area contributed by atoms with Crippen molar-refractivity contribution in [2.75, 3.05) is 14.1 Å². The summed E-state index contributed by atoms with van der Waals surface area (Å²) in [4.78, 5) is 8.07. The minimum Gasteiger partial charge on any atom is -0.489 e. The van der Waals surface area contributed by atoms with Crippen molar-refractivity contribution in [2.45, 2.75) is 34.0 Å². The standard InChI is InChI=1S/C27H32N4O2.2ClH/c1-17-10-20(15-32-24-8-6-22(12-18(24)2)26(28)30-4)14-21(11-17)16-33-25-9-7-23(13-19(25)3)27(29)31-5;;/h6-14H,15-16H2,1-5H3,(H2,28,30)(H2,29,31);2*1H. The van der Waals surface area contributed by atoms with Crippen LogP contribution >= 0.6 is 24.8 Å². The molecule has 0 aromatic heterocycles. The van der Waals surface area contributed by atoms with Gasteiger partial charge in [0.2, 0.25) is 0 Å². The van der Waals surface area contributed by atoms with Crippen LogP contribution in [0.15, 0.2) is 64.6 Å². The van der Waals surface area contributed by atoms with Crippen LogP contribution in [0.25, 0.3) is 0 Å². The Morgan fingerprint density at radius 2 is 1.06 bits per heavy atom. The second-order valence-electron chi connectivity index (χ2n) is 8.08. The van der Waals surface area contributed by atoms with Crippen LogP contribution in [0.3, 0.4) is 0 Å². The first-order valence-electron chi connectivity index (χ1n) is 10.8. The maximum Gasteiger partial charge on any atom is 0.125 e. The minimum atomic E-state index is 0. The first kappa shape index (κ1) is 29.8. The average molecular weight is 518 g/mol. The van der Waals surface area contributed by atoms with Gasteiger partial charge in [0.1, 0.15) is 36.4 Å². The lowest BCUT2D eigenvalue weighted by Crippen LogP contribution is -2.13. The van der Waals surface area contributed by atoms with Gasteiger partial charge in [-0.3, -0.25) is 9.98 Å². The van der Waals surface area contributed by atoms with Gasteiger partial charge in [-0.1, -0.05) is 17.7 Å². The zero-order valence-corrected chi connectivity index (χ0v) is 22.4. The molecule has 3 rings (SSSR count). The molecule has 8 heteroatoms. The second-order valence-corrected chi connectivity index (χ2v) is 8.08. The molecule has 0 heterocycles. The largest absolute Gasteiger partial charge is 0.489 e. The van der Waals surface area contributed by atoms with Crippen molar-refractivity contribution >= 4 is 36.5 Å². The van der Waals surface area contributed by atoms with E-state index in [4.69, 9.17) is 20.9 Å². The van der Waals surface area contributed by atoms with E-state index in [9.17, 15) is 0 Å². The van der Waals surface area contributed by atoms with E-state index in [1.54, 1.807) is 14.1 Å². The normalized spacial score (nSPS) is 11.3. The zero-order valence-electron chi connectivity index (χ0n) is 20.8. The molecular weight excluding hydrogens is 483 g/mol. The van der Waals surface area contributed by atoms with Crippen molar-refractivity contribution in [1.29, 1.82) is 0 Å². The highest BCUT2D eigenvalue weighted by Gasteiger charge is 2.08. The monoisotopic (exact) mass is 516 g/mol. The highest BCUT2D eigenvalue weighted by molar-refractivity contribution is 5.98. The van der Waals surface area contributed by atoms with Crippen LogP contribution in [-0.4, -0.2) is 25.8 Å². The molecule has 35 heavy (non-hydrogen) atoms. The van der Waals surface area contributed by atoms with Crippen molar-refractivity contribution in [3.8, 4) is 11.5 Å². The maximum absolute atomic E-state index is 6.08. The number of nitrogens with two attached hydrogens (primary N) is 2. The predicted molar refractivity (Wildman–Crippen MR) is 150 cm³/mol. The Bertz CT molecular complexity index is 1120. The molecule has 0 bridgehead atoms. The van der Waals surface area contributed by atoms with E-state index in [-0.39, 0.29) is 24.8 Å². The van der Waals surface area contributed by atoms with Crippen molar-refractivity contribution in [1.82, 2.24) is 0 Å². The highest BCUT2D eigenvalue weighted by atomic mass is 35.5. The molecular formula is C27H34Cl2N4O2. The Balaban J connectivity index is 0.00000306. The first-order chi connectivity index (χ1) is 15.8. The third-order valence-electron chi connectivity index (χ3n) is 5.41. The lowest BCUT2D eigenvalue weighted by molar-refractivity contribution is 0.297.